The van der Waals surface area contributed by atoms with Crippen molar-refractivity contribution in [3.8, 4) is 11.1 Å². The summed E-state index contributed by atoms with van der Waals surface area (Å²) in [6.07, 6.45) is 0. The van der Waals surface area contributed by atoms with Gasteiger partial charge in [-0.15, -0.1) is 11.3 Å². The topological polar surface area (TPSA) is 29.5 Å². The van der Waals surface area contributed by atoms with Gasteiger partial charge in [0.25, 0.3) is 0 Å². The Bertz CT molecular complexity index is 3450. The third kappa shape index (κ3) is 4.35. The van der Waals surface area contributed by atoms with Crippen LogP contribution in [0.25, 0.3) is 96.7 Å². The molecular weight excluding hydrogens is 679 g/mol. The maximum atomic E-state index is 6.58. The third-order valence-corrected chi connectivity index (χ3v) is 12.2. The van der Waals surface area contributed by atoms with Gasteiger partial charge in [0, 0.05) is 64.2 Å². The predicted molar refractivity (Wildman–Crippen MR) is 229 cm³/mol. The van der Waals surface area contributed by atoms with Crippen LogP contribution in [0.3, 0.4) is 0 Å². The van der Waals surface area contributed by atoms with Gasteiger partial charge < -0.3 is 13.7 Å². The molecule has 0 atom stereocenters. The zero-order valence-corrected chi connectivity index (χ0v) is 29.7. The lowest BCUT2D eigenvalue weighted by atomic mass is 9.98. The number of fused-ring (bicyclic) bond motifs is 13. The maximum Gasteiger partial charge on any atom is 0.143 e. The van der Waals surface area contributed by atoms with E-state index in [9.17, 15) is 0 Å². The molecule has 0 bridgehead atoms. The molecule has 0 N–H and O–H groups in total. The fourth-order valence-electron chi connectivity index (χ4n) is 8.56. The van der Waals surface area contributed by atoms with E-state index in [1.54, 1.807) is 0 Å². The Balaban J connectivity index is 1.05. The average molecular weight is 708 g/mol. The van der Waals surface area contributed by atoms with Crippen molar-refractivity contribution in [2.45, 2.75) is 0 Å². The van der Waals surface area contributed by atoms with Crippen LogP contribution in [0.1, 0.15) is 0 Å². The summed E-state index contributed by atoms with van der Waals surface area (Å²) < 4.78 is 15.3. The number of furan rings is 2. The Morgan fingerprint density at radius 3 is 1.93 bits per heavy atom. The van der Waals surface area contributed by atoms with E-state index in [0.717, 1.165) is 60.9 Å². The first-order chi connectivity index (χ1) is 26.7. The van der Waals surface area contributed by atoms with Gasteiger partial charge in [-0.05, 0) is 94.0 Å². The minimum Gasteiger partial charge on any atom is -0.456 e. The molecule has 3 heterocycles. The molecule has 12 rings (SSSR count). The molecule has 0 saturated heterocycles. The van der Waals surface area contributed by atoms with Gasteiger partial charge in [0.1, 0.15) is 22.3 Å². The molecule has 0 amide bonds. The van der Waals surface area contributed by atoms with Gasteiger partial charge in [-0.25, -0.2) is 0 Å². The van der Waals surface area contributed by atoms with Crippen molar-refractivity contribution in [1.29, 1.82) is 0 Å². The molecule has 3 aromatic heterocycles. The van der Waals surface area contributed by atoms with Crippen LogP contribution >= 0.6 is 11.3 Å². The lowest BCUT2D eigenvalue weighted by molar-refractivity contribution is 0.669. The number of thiophene rings is 1. The summed E-state index contributed by atoms with van der Waals surface area (Å²) in [4.78, 5) is 2.37. The minimum atomic E-state index is 0.885. The Hall–Kier alpha value is -6.88. The zero-order chi connectivity index (χ0) is 35.3. The number of hydrogen-bond acceptors (Lipinski definition) is 4. The van der Waals surface area contributed by atoms with Crippen molar-refractivity contribution < 1.29 is 8.83 Å². The summed E-state index contributed by atoms with van der Waals surface area (Å²) in [5.74, 6) is 0. The van der Waals surface area contributed by atoms with Gasteiger partial charge in [-0.1, -0.05) is 109 Å². The second-order valence-corrected chi connectivity index (χ2v) is 15.1. The van der Waals surface area contributed by atoms with Gasteiger partial charge in [-0.3, -0.25) is 0 Å². The van der Waals surface area contributed by atoms with E-state index >= 15 is 0 Å². The summed E-state index contributed by atoms with van der Waals surface area (Å²) >= 11 is 1.84. The molecule has 0 aliphatic carbocycles. The van der Waals surface area contributed by atoms with Crippen molar-refractivity contribution >= 4 is 114 Å². The predicted octanol–water partition coefficient (Wildman–Crippen LogP) is 15.3. The highest BCUT2D eigenvalue weighted by atomic mass is 32.1. The SMILES string of the molecule is c1ccc2c(-c3ccc(N(c4ccc5c(c4)sc4ccc6oc7c8ccccc8ccc7c6c45)c4ccc5oc6ccccc6c5c4)cc3)cccc2c1. The van der Waals surface area contributed by atoms with Crippen LogP contribution < -0.4 is 4.90 Å². The molecule has 0 unspecified atom stereocenters. The maximum absolute atomic E-state index is 6.58. The Morgan fingerprint density at radius 1 is 0.370 bits per heavy atom. The Kier molecular flexibility index (Phi) is 6.21. The van der Waals surface area contributed by atoms with E-state index < -0.39 is 0 Å². The molecule has 54 heavy (non-hydrogen) atoms. The highest BCUT2D eigenvalue weighted by Gasteiger charge is 2.20. The quantitative estimate of drug-likeness (QED) is 0.182. The van der Waals surface area contributed by atoms with Crippen LogP contribution in [0, 0.1) is 0 Å². The summed E-state index contributed by atoms with van der Waals surface area (Å²) in [5.41, 5.74) is 9.33. The van der Waals surface area contributed by atoms with Crippen LogP contribution in [0.4, 0.5) is 17.1 Å². The first kappa shape index (κ1) is 29.7. The second kappa shape index (κ2) is 11.3. The monoisotopic (exact) mass is 707 g/mol. The van der Waals surface area contributed by atoms with Crippen molar-refractivity contribution in [2.75, 3.05) is 4.90 Å². The molecule has 3 nitrogen and oxygen atoms in total. The number of para-hydroxylation sites is 1. The van der Waals surface area contributed by atoms with Crippen molar-refractivity contribution in [1.82, 2.24) is 0 Å². The molecular formula is C50H29NO2S. The first-order valence-electron chi connectivity index (χ1n) is 18.2. The summed E-state index contributed by atoms with van der Waals surface area (Å²) in [6, 6.07) is 63.1. The van der Waals surface area contributed by atoms with Crippen LogP contribution in [-0.2, 0) is 0 Å². The lowest BCUT2D eigenvalue weighted by Gasteiger charge is -2.26. The standard InChI is InChI=1S/C50H29NO2S/c1-3-11-36-30(8-1)10-7-14-37(36)32-16-19-33(20-17-32)51(34-22-25-44-42(28-34)39-13-5-6-15-43(39)52-44)35-21-24-40-47(29-35)54-46-27-26-45-48(49(40)46)41-23-18-31-9-2-4-12-38(31)50(41)53-45/h1-29H. The van der Waals surface area contributed by atoms with E-state index in [1.165, 1.54) is 52.8 Å². The van der Waals surface area contributed by atoms with Gasteiger partial charge >= 0.3 is 0 Å². The van der Waals surface area contributed by atoms with Crippen molar-refractivity contribution in [2.24, 2.45) is 0 Å². The van der Waals surface area contributed by atoms with E-state index in [0.29, 0.717) is 0 Å². The average Bonchev–Trinajstić information content (AvgIpc) is 3.92. The molecule has 12 aromatic rings. The summed E-state index contributed by atoms with van der Waals surface area (Å²) in [5, 5.41) is 11.9. The molecule has 4 heteroatoms. The van der Waals surface area contributed by atoms with Crippen molar-refractivity contribution in [3.63, 3.8) is 0 Å². The van der Waals surface area contributed by atoms with Gasteiger partial charge in [-0.2, -0.15) is 0 Å². The molecule has 0 fully saturated rings. The highest BCUT2D eigenvalue weighted by molar-refractivity contribution is 7.26. The number of hydrogen-bond donors (Lipinski definition) is 0. The normalized spacial score (nSPS) is 12.1. The molecule has 0 radical (unpaired) electrons. The van der Waals surface area contributed by atoms with Crippen LogP contribution in [0.2, 0.25) is 0 Å². The number of rotatable bonds is 4. The van der Waals surface area contributed by atoms with E-state index in [4.69, 9.17) is 8.83 Å². The fraction of sp³-hybridized carbons (Fsp3) is 0. The number of nitrogens with zero attached hydrogens (tertiary/aromatic N) is 1. The van der Waals surface area contributed by atoms with Gasteiger partial charge in [0.2, 0.25) is 0 Å². The zero-order valence-electron chi connectivity index (χ0n) is 28.9. The molecule has 0 aliphatic rings. The van der Waals surface area contributed by atoms with Gasteiger partial charge in [0.15, 0.2) is 0 Å². The molecule has 0 aliphatic heterocycles. The van der Waals surface area contributed by atoms with Gasteiger partial charge in [0.05, 0.1) is 0 Å². The second-order valence-electron chi connectivity index (χ2n) is 14.0. The smallest absolute Gasteiger partial charge is 0.143 e. The fourth-order valence-corrected chi connectivity index (χ4v) is 9.70. The number of benzene rings is 9. The molecule has 9 aromatic carbocycles. The largest absolute Gasteiger partial charge is 0.456 e. The Morgan fingerprint density at radius 2 is 1.04 bits per heavy atom. The van der Waals surface area contributed by atoms with E-state index in [2.05, 4.69) is 169 Å². The summed E-state index contributed by atoms with van der Waals surface area (Å²) in [7, 11) is 0. The van der Waals surface area contributed by atoms with Crippen molar-refractivity contribution in [3.05, 3.63) is 176 Å². The van der Waals surface area contributed by atoms with Crippen LogP contribution in [0.15, 0.2) is 185 Å². The number of anilines is 3. The molecule has 0 spiro atoms. The molecule has 252 valence electrons. The first-order valence-corrected chi connectivity index (χ1v) is 19.1. The Labute approximate surface area is 313 Å². The van der Waals surface area contributed by atoms with E-state index in [-0.39, 0.29) is 0 Å². The van der Waals surface area contributed by atoms with Crippen LogP contribution in [0.5, 0.6) is 0 Å². The third-order valence-electron chi connectivity index (χ3n) is 11.0. The van der Waals surface area contributed by atoms with Crippen LogP contribution in [-0.4, -0.2) is 0 Å². The lowest BCUT2D eigenvalue weighted by Crippen LogP contribution is -2.09. The summed E-state index contributed by atoms with van der Waals surface area (Å²) in [6.45, 7) is 0. The minimum absolute atomic E-state index is 0.885. The highest BCUT2D eigenvalue weighted by Crippen LogP contribution is 2.46. The van der Waals surface area contributed by atoms with E-state index in [1.807, 2.05) is 23.5 Å². The molecule has 0 saturated carbocycles.